The molecule has 1 aliphatic heterocycles. The van der Waals surface area contributed by atoms with Crippen LogP contribution in [-0.2, 0) is 4.79 Å². The second-order valence-corrected chi connectivity index (χ2v) is 5.50. The van der Waals surface area contributed by atoms with E-state index in [1.807, 2.05) is 0 Å². The molecule has 0 N–H and O–H groups in total. The van der Waals surface area contributed by atoms with E-state index < -0.39 is 0 Å². The third-order valence-corrected chi connectivity index (χ3v) is 3.41. The number of carbonyl (C=O) groups excluding carboxylic acids is 1. The highest BCUT2D eigenvalue weighted by molar-refractivity contribution is 5.80. The van der Waals surface area contributed by atoms with Gasteiger partial charge in [-0.2, -0.15) is 0 Å². The van der Waals surface area contributed by atoms with Gasteiger partial charge in [-0.3, -0.25) is 4.79 Å². The number of piperidine rings is 1. The van der Waals surface area contributed by atoms with Crippen LogP contribution in [0.2, 0.25) is 0 Å². The number of hydrogen-bond acceptors (Lipinski definition) is 1. The molecule has 2 unspecified atom stereocenters. The largest absolute Gasteiger partial charge is 0.337 e. The lowest BCUT2D eigenvalue weighted by molar-refractivity contribution is -0.143. The van der Waals surface area contributed by atoms with Crippen LogP contribution in [0.25, 0.3) is 0 Å². The standard InChI is InChI=1S/C11H19NO/c1-11(2,3)12-7-8-4-5-9(6-8)10(12)13/h8-9H,4-7H2,1-3H3. The molecule has 2 heteroatoms. The Hall–Kier alpha value is -0.530. The quantitative estimate of drug-likeness (QED) is 0.560. The summed E-state index contributed by atoms with van der Waals surface area (Å²) in [6.45, 7) is 7.40. The Morgan fingerprint density at radius 1 is 1.31 bits per heavy atom. The molecule has 0 radical (unpaired) electrons. The molecule has 0 aromatic carbocycles. The number of carbonyl (C=O) groups is 1. The summed E-state index contributed by atoms with van der Waals surface area (Å²) in [4.78, 5) is 14.0. The summed E-state index contributed by atoms with van der Waals surface area (Å²) >= 11 is 0. The molecule has 2 atom stereocenters. The van der Waals surface area contributed by atoms with E-state index >= 15 is 0 Å². The van der Waals surface area contributed by atoms with Crippen molar-refractivity contribution in [2.75, 3.05) is 6.54 Å². The average molecular weight is 181 g/mol. The molecular weight excluding hydrogens is 162 g/mol. The van der Waals surface area contributed by atoms with Crippen LogP contribution < -0.4 is 0 Å². The zero-order valence-electron chi connectivity index (χ0n) is 8.84. The van der Waals surface area contributed by atoms with Gasteiger partial charge in [-0.05, 0) is 46.0 Å². The summed E-state index contributed by atoms with van der Waals surface area (Å²) in [5.41, 5.74) is 0.0261. The van der Waals surface area contributed by atoms with Gasteiger partial charge in [0.05, 0.1) is 0 Å². The van der Waals surface area contributed by atoms with Crippen molar-refractivity contribution >= 4 is 5.91 Å². The van der Waals surface area contributed by atoms with Gasteiger partial charge < -0.3 is 4.90 Å². The molecular formula is C11H19NO. The minimum Gasteiger partial charge on any atom is -0.337 e. The first-order valence-electron chi connectivity index (χ1n) is 5.30. The zero-order chi connectivity index (χ0) is 9.64. The Balaban J connectivity index is 2.18. The predicted molar refractivity (Wildman–Crippen MR) is 52.3 cm³/mol. The van der Waals surface area contributed by atoms with Crippen molar-refractivity contribution in [3.8, 4) is 0 Å². The highest BCUT2D eigenvalue weighted by Gasteiger charge is 2.42. The molecule has 1 amide bonds. The Bertz CT molecular complexity index is 229. The molecule has 0 aromatic heterocycles. The average Bonchev–Trinajstić information content (AvgIpc) is 2.39. The zero-order valence-corrected chi connectivity index (χ0v) is 8.84. The van der Waals surface area contributed by atoms with Crippen LogP contribution in [0.3, 0.4) is 0 Å². The minimum absolute atomic E-state index is 0.0261. The van der Waals surface area contributed by atoms with Gasteiger partial charge in [0.25, 0.3) is 0 Å². The SMILES string of the molecule is CC(C)(C)N1CC2CCC(C2)C1=O. The first-order chi connectivity index (χ1) is 5.98. The molecule has 0 aromatic rings. The van der Waals surface area contributed by atoms with Gasteiger partial charge in [0, 0.05) is 18.0 Å². The maximum Gasteiger partial charge on any atom is 0.226 e. The Labute approximate surface area is 80.3 Å². The van der Waals surface area contributed by atoms with Gasteiger partial charge >= 0.3 is 0 Å². The van der Waals surface area contributed by atoms with Gasteiger partial charge in [-0.1, -0.05) is 0 Å². The van der Waals surface area contributed by atoms with E-state index in [2.05, 4.69) is 25.7 Å². The van der Waals surface area contributed by atoms with Crippen LogP contribution in [0, 0.1) is 11.8 Å². The van der Waals surface area contributed by atoms with Crippen molar-refractivity contribution in [2.24, 2.45) is 11.8 Å². The molecule has 13 heavy (non-hydrogen) atoms. The molecule has 1 aliphatic carbocycles. The number of rotatable bonds is 0. The van der Waals surface area contributed by atoms with E-state index in [1.165, 1.54) is 6.42 Å². The van der Waals surface area contributed by atoms with Crippen molar-refractivity contribution < 1.29 is 4.79 Å². The highest BCUT2D eigenvalue weighted by atomic mass is 16.2. The van der Waals surface area contributed by atoms with E-state index in [-0.39, 0.29) is 5.54 Å². The Morgan fingerprint density at radius 2 is 2.00 bits per heavy atom. The molecule has 2 nitrogen and oxygen atoms in total. The highest BCUT2D eigenvalue weighted by Crippen LogP contribution is 2.39. The topological polar surface area (TPSA) is 20.3 Å². The summed E-state index contributed by atoms with van der Waals surface area (Å²) in [6.07, 6.45) is 3.56. The normalized spacial score (nSPS) is 34.1. The first kappa shape index (κ1) is 9.04. The minimum atomic E-state index is 0.0261. The predicted octanol–water partition coefficient (Wildman–Crippen LogP) is 2.04. The number of nitrogens with zero attached hydrogens (tertiary/aromatic N) is 1. The summed E-state index contributed by atoms with van der Waals surface area (Å²) < 4.78 is 0. The fraction of sp³-hybridized carbons (Fsp3) is 0.909. The lowest BCUT2D eigenvalue weighted by atomic mass is 9.93. The number of fused-ring (bicyclic) bond motifs is 2. The molecule has 2 bridgehead atoms. The first-order valence-corrected chi connectivity index (χ1v) is 5.30. The van der Waals surface area contributed by atoms with Gasteiger partial charge in [-0.25, -0.2) is 0 Å². The van der Waals surface area contributed by atoms with Crippen LogP contribution in [0.1, 0.15) is 40.0 Å². The Kier molecular flexibility index (Phi) is 1.90. The molecule has 74 valence electrons. The summed E-state index contributed by atoms with van der Waals surface area (Å²) in [6, 6.07) is 0. The van der Waals surface area contributed by atoms with E-state index in [9.17, 15) is 4.79 Å². The van der Waals surface area contributed by atoms with Crippen molar-refractivity contribution in [1.82, 2.24) is 4.90 Å². The fourth-order valence-corrected chi connectivity index (χ4v) is 2.64. The molecule has 1 saturated carbocycles. The molecule has 2 rings (SSSR count). The molecule has 2 fully saturated rings. The van der Waals surface area contributed by atoms with E-state index in [1.54, 1.807) is 0 Å². The smallest absolute Gasteiger partial charge is 0.226 e. The summed E-state index contributed by atoms with van der Waals surface area (Å²) in [5.74, 6) is 1.56. The van der Waals surface area contributed by atoms with Crippen molar-refractivity contribution in [1.29, 1.82) is 0 Å². The second-order valence-electron chi connectivity index (χ2n) is 5.50. The third-order valence-electron chi connectivity index (χ3n) is 3.41. The fourth-order valence-electron chi connectivity index (χ4n) is 2.64. The van der Waals surface area contributed by atoms with Crippen molar-refractivity contribution in [3.63, 3.8) is 0 Å². The van der Waals surface area contributed by atoms with E-state index in [0.29, 0.717) is 11.8 Å². The second kappa shape index (κ2) is 2.73. The van der Waals surface area contributed by atoms with Gasteiger partial charge in [0.15, 0.2) is 0 Å². The van der Waals surface area contributed by atoms with Crippen molar-refractivity contribution in [3.05, 3.63) is 0 Å². The number of hydrogen-bond donors (Lipinski definition) is 0. The van der Waals surface area contributed by atoms with Crippen LogP contribution in [0.4, 0.5) is 0 Å². The summed E-state index contributed by atoms with van der Waals surface area (Å²) in [5, 5.41) is 0. The number of likely N-dealkylation sites (tertiary alicyclic amines) is 1. The van der Waals surface area contributed by atoms with Crippen LogP contribution in [-0.4, -0.2) is 22.9 Å². The summed E-state index contributed by atoms with van der Waals surface area (Å²) in [7, 11) is 0. The Morgan fingerprint density at radius 3 is 2.62 bits per heavy atom. The third kappa shape index (κ3) is 1.47. The van der Waals surface area contributed by atoms with Gasteiger partial charge in [-0.15, -0.1) is 0 Å². The van der Waals surface area contributed by atoms with Crippen molar-refractivity contribution in [2.45, 2.75) is 45.6 Å². The molecule has 2 aliphatic rings. The maximum atomic E-state index is 12.0. The van der Waals surface area contributed by atoms with E-state index in [0.717, 1.165) is 25.3 Å². The lowest BCUT2D eigenvalue weighted by Crippen LogP contribution is -2.51. The van der Waals surface area contributed by atoms with E-state index in [4.69, 9.17) is 0 Å². The van der Waals surface area contributed by atoms with Crippen LogP contribution in [0.15, 0.2) is 0 Å². The lowest BCUT2D eigenvalue weighted by Gasteiger charge is -2.41. The van der Waals surface area contributed by atoms with Gasteiger partial charge in [0.1, 0.15) is 0 Å². The number of amides is 1. The van der Waals surface area contributed by atoms with Crippen LogP contribution in [0.5, 0.6) is 0 Å². The maximum absolute atomic E-state index is 12.0. The molecule has 0 spiro atoms. The van der Waals surface area contributed by atoms with Crippen LogP contribution >= 0.6 is 0 Å². The monoisotopic (exact) mass is 181 g/mol. The molecule has 1 saturated heterocycles. The molecule has 1 heterocycles. The van der Waals surface area contributed by atoms with Gasteiger partial charge in [0.2, 0.25) is 5.91 Å².